The van der Waals surface area contributed by atoms with E-state index in [9.17, 15) is 4.79 Å². The first kappa shape index (κ1) is 9.57. The van der Waals surface area contributed by atoms with Crippen molar-refractivity contribution in [3.8, 4) is 0 Å². The summed E-state index contributed by atoms with van der Waals surface area (Å²) in [5.74, 6) is 0.104. The summed E-state index contributed by atoms with van der Waals surface area (Å²) >= 11 is 0. The van der Waals surface area contributed by atoms with Crippen molar-refractivity contribution >= 4 is 22.7 Å². The molecule has 0 saturated heterocycles. The molecule has 5 N–H and O–H groups in total. The molecule has 2 rings (SSSR count). The lowest BCUT2D eigenvalue weighted by atomic mass is 10.3. The number of nitrogens with zero attached hydrogens (tertiary/aromatic N) is 2. The first-order valence-electron chi connectivity index (χ1n) is 4.66. The Morgan fingerprint density at radius 2 is 2.13 bits per heavy atom. The van der Waals surface area contributed by atoms with E-state index in [-0.39, 0.29) is 17.5 Å². The molecule has 80 valence electrons. The molecule has 0 radical (unpaired) electrons. The van der Waals surface area contributed by atoms with Crippen LogP contribution in [-0.4, -0.2) is 14.5 Å². The summed E-state index contributed by atoms with van der Waals surface area (Å²) in [5.41, 5.74) is 11.9. The van der Waals surface area contributed by atoms with Gasteiger partial charge in [0.2, 0.25) is 5.95 Å². The minimum Gasteiger partial charge on any atom is -0.397 e. The van der Waals surface area contributed by atoms with E-state index in [1.54, 1.807) is 6.20 Å². The van der Waals surface area contributed by atoms with E-state index in [0.29, 0.717) is 16.7 Å². The van der Waals surface area contributed by atoms with Gasteiger partial charge in [0.1, 0.15) is 5.39 Å². The van der Waals surface area contributed by atoms with Crippen molar-refractivity contribution in [1.29, 1.82) is 0 Å². The van der Waals surface area contributed by atoms with E-state index in [2.05, 4.69) is 9.97 Å². The van der Waals surface area contributed by atoms with E-state index in [0.717, 1.165) is 0 Å². The van der Waals surface area contributed by atoms with Crippen molar-refractivity contribution in [2.45, 2.75) is 19.9 Å². The first-order chi connectivity index (χ1) is 7.00. The van der Waals surface area contributed by atoms with Crippen LogP contribution in [-0.2, 0) is 0 Å². The molecule has 2 aromatic heterocycles. The number of fused-ring (bicyclic) bond motifs is 1. The SMILES string of the molecule is CC(C)n1cc(N)c2c(=O)[nH]c(N)nc21. The summed E-state index contributed by atoms with van der Waals surface area (Å²) in [7, 11) is 0. The van der Waals surface area contributed by atoms with Gasteiger partial charge in [-0.25, -0.2) is 0 Å². The van der Waals surface area contributed by atoms with Gasteiger partial charge in [-0.15, -0.1) is 0 Å². The number of nitrogen functional groups attached to an aromatic ring is 2. The predicted octanol–water partition coefficient (Wildman–Crippen LogP) is 0.470. The van der Waals surface area contributed by atoms with Gasteiger partial charge in [-0.2, -0.15) is 4.98 Å². The van der Waals surface area contributed by atoms with Crippen molar-refractivity contribution in [2.75, 3.05) is 11.5 Å². The van der Waals surface area contributed by atoms with Crippen molar-refractivity contribution in [3.05, 3.63) is 16.6 Å². The molecule has 0 aliphatic heterocycles. The number of hydrogen-bond donors (Lipinski definition) is 3. The number of anilines is 2. The van der Waals surface area contributed by atoms with E-state index in [4.69, 9.17) is 11.5 Å². The van der Waals surface area contributed by atoms with Crippen LogP contribution in [0.15, 0.2) is 11.0 Å². The highest BCUT2D eigenvalue weighted by molar-refractivity contribution is 5.89. The quantitative estimate of drug-likeness (QED) is 0.632. The molecule has 0 spiro atoms. The average Bonchev–Trinajstić information content (AvgIpc) is 2.42. The van der Waals surface area contributed by atoms with Crippen LogP contribution < -0.4 is 17.0 Å². The fourth-order valence-electron chi connectivity index (χ4n) is 1.59. The molecule has 0 unspecified atom stereocenters. The maximum Gasteiger partial charge on any atom is 0.263 e. The third-order valence-corrected chi connectivity index (χ3v) is 2.29. The lowest BCUT2D eigenvalue weighted by Crippen LogP contribution is -2.12. The molecule has 0 amide bonds. The Morgan fingerprint density at radius 1 is 1.47 bits per heavy atom. The van der Waals surface area contributed by atoms with Gasteiger partial charge in [-0.05, 0) is 13.8 Å². The highest BCUT2D eigenvalue weighted by atomic mass is 16.1. The van der Waals surface area contributed by atoms with Gasteiger partial charge in [-0.1, -0.05) is 0 Å². The fraction of sp³-hybridized carbons (Fsp3) is 0.333. The van der Waals surface area contributed by atoms with E-state index in [1.165, 1.54) is 0 Å². The summed E-state index contributed by atoms with van der Waals surface area (Å²) in [6, 6.07) is 0.179. The number of nitrogens with two attached hydrogens (primary N) is 2. The highest BCUT2D eigenvalue weighted by Crippen LogP contribution is 2.21. The smallest absolute Gasteiger partial charge is 0.263 e. The number of nitrogens with one attached hydrogen (secondary N) is 1. The second kappa shape index (κ2) is 3.01. The number of H-pyrrole nitrogens is 1. The second-order valence-corrected chi connectivity index (χ2v) is 3.74. The molecule has 0 aliphatic rings. The minimum absolute atomic E-state index is 0.104. The van der Waals surface area contributed by atoms with Crippen molar-refractivity contribution in [3.63, 3.8) is 0 Å². The van der Waals surface area contributed by atoms with Crippen LogP contribution in [0.3, 0.4) is 0 Å². The maximum absolute atomic E-state index is 11.6. The largest absolute Gasteiger partial charge is 0.397 e. The van der Waals surface area contributed by atoms with Gasteiger partial charge in [0, 0.05) is 12.2 Å². The number of aromatic amines is 1. The molecule has 0 fully saturated rings. The molecule has 15 heavy (non-hydrogen) atoms. The summed E-state index contributed by atoms with van der Waals surface area (Å²) in [4.78, 5) is 18.1. The molecule has 0 bridgehead atoms. The zero-order valence-corrected chi connectivity index (χ0v) is 8.61. The summed E-state index contributed by atoms with van der Waals surface area (Å²) < 4.78 is 1.83. The van der Waals surface area contributed by atoms with Crippen LogP contribution in [0.1, 0.15) is 19.9 Å². The predicted molar refractivity (Wildman–Crippen MR) is 59.6 cm³/mol. The molecular weight excluding hydrogens is 194 g/mol. The van der Waals surface area contributed by atoms with Gasteiger partial charge >= 0.3 is 0 Å². The number of rotatable bonds is 1. The van der Waals surface area contributed by atoms with Gasteiger partial charge in [0.05, 0.1) is 5.69 Å². The molecular formula is C9H13N5O. The van der Waals surface area contributed by atoms with E-state index >= 15 is 0 Å². The van der Waals surface area contributed by atoms with E-state index < -0.39 is 0 Å². The molecule has 0 aliphatic carbocycles. The summed E-state index contributed by atoms with van der Waals surface area (Å²) in [5, 5.41) is 0.401. The van der Waals surface area contributed by atoms with Crippen LogP contribution >= 0.6 is 0 Å². The highest BCUT2D eigenvalue weighted by Gasteiger charge is 2.13. The van der Waals surface area contributed by atoms with Crippen LogP contribution in [0.4, 0.5) is 11.6 Å². The summed E-state index contributed by atoms with van der Waals surface area (Å²) in [6.45, 7) is 3.97. The molecule has 2 heterocycles. The lowest BCUT2D eigenvalue weighted by Gasteiger charge is -2.07. The monoisotopic (exact) mass is 207 g/mol. The zero-order valence-electron chi connectivity index (χ0n) is 8.61. The normalized spacial score (nSPS) is 11.4. The number of hydrogen-bond acceptors (Lipinski definition) is 4. The molecule has 0 aromatic carbocycles. The molecule has 2 aromatic rings. The Hall–Kier alpha value is -1.98. The Bertz CT molecular complexity index is 566. The Morgan fingerprint density at radius 3 is 2.73 bits per heavy atom. The minimum atomic E-state index is -0.297. The zero-order chi connectivity index (χ0) is 11.2. The summed E-state index contributed by atoms with van der Waals surface area (Å²) in [6.07, 6.45) is 1.71. The Balaban J connectivity index is 2.93. The fourth-order valence-corrected chi connectivity index (χ4v) is 1.59. The average molecular weight is 207 g/mol. The number of aromatic nitrogens is 3. The van der Waals surface area contributed by atoms with Crippen LogP contribution in [0.5, 0.6) is 0 Å². The molecule has 6 nitrogen and oxygen atoms in total. The van der Waals surface area contributed by atoms with Gasteiger partial charge in [-0.3, -0.25) is 9.78 Å². The first-order valence-corrected chi connectivity index (χ1v) is 4.66. The maximum atomic E-state index is 11.6. The van der Waals surface area contributed by atoms with Gasteiger partial charge < -0.3 is 16.0 Å². The van der Waals surface area contributed by atoms with Crippen LogP contribution in [0.25, 0.3) is 11.0 Å². The van der Waals surface area contributed by atoms with Crippen molar-refractivity contribution < 1.29 is 0 Å². The topological polar surface area (TPSA) is 103 Å². The van der Waals surface area contributed by atoms with Gasteiger partial charge in [0.15, 0.2) is 5.65 Å². The van der Waals surface area contributed by atoms with Crippen LogP contribution in [0.2, 0.25) is 0 Å². The molecule has 6 heteroatoms. The lowest BCUT2D eigenvalue weighted by molar-refractivity contribution is 0.618. The van der Waals surface area contributed by atoms with Gasteiger partial charge in [0.25, 0.3) is 5.56 Å². The molecule has 0 saturated carbocycles. The third-order valence-electron chi connectivity index (χ3n) is 2.29. The van der Waals surface area contributed by atoms with Crippen molar-refractivity contribution in [1.82, 2.24) is 14.5 Å². The Labute approximate surface area is 85.9 Å². The van der Waals surface area contributed by atoms with Crippen LogP contribution in [0, 0.1) is 0 Å². The second-order valence-electron chi connectivity index (χ2n) is 3.74. The third kappa shape index (κ3) is 1.34. The standard InChI is InChI=1S/C9H13N5O/c1-4(2)14-3-5(10)6-7(14)12-9(11)13-8(6)15/h3-4H,10H2,1-2H3,(H3,11,12,13,15). The van der Waals surface area contributed by atoms with E-state index in [1.807, 2.05) is 18.4 Å². The van der Waals surface area contributed by atoms with Crippen molar-refractivity contribution in [2.24, 2.45) is 0 Å². The Kier molecular flexibility index (Phi) is 1.92. The molecule has 0 atom stereocenters.